The van der Waals surface area contributed by atoms with E-state index in [4.69, 9.17) is 11.5 Å². The van der Waals surface area contributed by atoms with Gasteiger partial charge in [0, 0.05) is 28.7 Å². The Hall–Kier alpha value is -2.10. The maximum Gasteiger partial charge on any atom is 0.149 e. The molecule has 0 radical (unpaired) electrons. The molecule has 0 aliphatic heterocycles. The lowest BCUT2D eigenvalue weighted by Crippen LogP contribution is -1.95. The summed E-state index contributed by atoms with van der Waals surface area (Å²) >= 11 is 0. The van der Waals surface area contributed by atoms with E-state index in [9.17, 15) is 4.39 Å². The average molecular weight is 203 g/mol. The molecule has 0 saturated heterocycles. The molecular weight excluding hydrogens is 193 g/mol. The molecule has 1 heterocycles. The third-order valence-corrected chi connectivity index (χ3v) is 2.14. The predicted octanol–water partition coefficient (Wildman–Crippen LogP) is 2.05. The van der Waals surface area contributed by atoms with Crippen LogP contribution in [-0.2, 0) is 0 Å². The van der Waals surface area contributed by atoms with E-state index in [-0.39, 0.29) is 0 Å². The summed E-state index contributed by atoms with van der Waals surface area (Å²) in [5.74, 6) is -0.408. The number of hydrogen-bond donors (Lipinski definition) is 2. The quantitative estimate of drug-likeness (QED) is 0.697. The minimum Gasteiger partial charge on any atom is -0.399 e. The summed E-state index contributed by atoms with van der Waals surface area (Å²) in [5, 5.41) is 0. The smallest absolute Gasteiger partial charge is 0.149 e. The first kappa shape index (κ1) is 9.45. The van der Waals surface area contributed by atoms with Gasteiger partial charge in [-0.3, -0.25) is 4.98 Å². The Balaban J connectivity index is 2.64. The molecule has 76 valence electrons. The van der Waals surface area contributed by atoms with Gasteiger partial charge in [0.1, 0.15) is 5.82 Å². The van der Waals surface area contributed by atoms with Crippen molar-refractivity contribution in [3.05, 3.63) is 42.5 Å². The van der Waals surface area contributed by atoms with Crippen molar-refractivity contribution in [3.63, 3.8) is 0 Å². The highest BCUT2D eigenvalue weighted by molar-refractivity contribution is 5.79. The second kappa shape index (κ2) is 3.57. The van der Waals surface area contributed by atoms with Gasteiger partial charge in [-0.15, -0.1) is 0 Å². The Kier molecular flexibility index (Phi) is 2.25. The van der Waals surface area contributed by atoms with Gasteiger partial charge < -0.3 is 11.5 Å². The molecule has 0 aliphatic carbocycles. The predicted molar refractivity (Wildman–Crippen MR) is 58.5 cm³/mol. The molecule has 4 N–H and O–H groups in total. The number of nitrogen functional groups attached to an aromatic ring is 2. The summed E-state index contributed by atoms with van der Waals surface area (Å²) in [4.78, 5) is 3.68. The fourth-order valence-electron chi connectivity index (χ4n) is 1.40. The van der Waals surface area contributed by atoms with Crippen LogP contribution in [0.5, 0.6) is 0 Å². The van der Waals surface area contributed by atoms with E-state index in [0.717, 1.165) is 6.20 Å². The van der Waals surface area contributed by atoms with Crippen molar-refractivity contribution < 1.29 is 4.39 Å². The number of halogens is 1. The third-order valence-electron chi connectivity index (χ3n) is 2.14. The summed E-state index contributed by atoms with van der Waals surface area (Å²) in [6, 6.07) is 6.55. The fourth-order valence-corrected chi connectivity index (χ4v) is 1.40. The molecule has 0 amide bonds. The summed E-state index contributed by atoms with van der Waals surface area (Å²) in [6.45, 7) is 0. The first-order valence-corrected chi connectivity index (χ1v) is 4.43. The average Bonchev–Trinajstić information content (AvgIpc) is 2.23. The van der Waals surface area contributed by atoms with Crippen molar-refractivity contribution in [2.45, 2.75) is 0 Å². The number of nitrogens with two attached hydrogens (primary N) is 2. The molecular formula is C11H10FN3. The van der Waals surface area contributed by atoms with Crippen LogP contribution in [0, 0.1) is 5.82 Å². The molecule has 0 saturated carbocycles. The van der Waals surface area contributed by atoms with Crippen molar-refractivity contribution in [1.29, 1.82) is 0 Å². The molecule has 0 unspecified atom stereocenters. The van der Waals surface area contributed by atoms with Gasteiger partial charge in [-0.25, -0.2) is 4.39 Å². The second-order valence-electron chi connectivity index (χ2n) is 3.20. The lowest BCUT2D eigenvalue weighted by Gasteiger charge is -2.07. The number of benzene rings is 1. The van der Waals surface area contributed by atoms with Gasteiger partial charge in [-0.05, 0) is 24.3 Å². The Morgan fingerprint density at radius 3 is 2.60 bits per heavy atom. The second-order valence-corrected chi connectivity index (χ2v) is 3.20. The normalized spacial score (nSPS) is 10.2. The SMILES string of the molecule is Nc1ccc(N)c(-c2ccncc2F)c1. The standard InChI is InChI=1S/C11H10FN3/c12-10-6-15-4-3-8(10)9-5-7(13)1-2-11(9)14/h1-6H,13-14H2. The van der Waals surface area contributed by atoms with Crippen LogP contribution in [0.2, 0.25) is 0 Å². The molecule has 2 rings (SSSR count). The van der Waals surface area contributed by atoms with E-state index in [0.29, 0.717) is 22.5 Å². The van der Waals surface area contributed by atoms with Crippen molar-refractivity contribution in [1.82, 2.24) is 4.98 Å². The fraction of sp³-hybridized carbons (Fsp3) is 0. The summed E-state index contributed by atoms with van der Waals surface area (Å²) in [7, 11) is 0. The van der Waals surface area contributed by atoms with Gasteiger partial charge in [-0.2, -0.15) is 0 Å². The highest BCUT2D eigenvalue weighted by Crippen LogP contribution is 2.29. The van der Waals surface area contributed by atoms with Gasteiger partial charge in [0.05, 0.1) is 6.20 Å². The number of aromatic nitrogens is 1. The van der Waals surface area contributed by atoms with Crippen LogP contribution in [0.1, 0.15) is 0 Å². The first-order chi connectivity index (χ1) is 7.18. The molecule has 0 aliphatic rings. The van der Waals surface area contributed by atoms with Gasteiger partial charge in [0.25, 0.3) is 0 Å². The largest absolute Gasteiger partial charge is 0.399 e. The number of nitrogens with zero attached hydrogens (tertiary/aromatic N) is 1. The molecule has 3 nitrogen and oxygen atoms in total. The Morgan fingerprint density at radius 1 is 1.07 bits per heavy atom. The van der Waals surface area contributed by atoms with Crippen LogP contribution >= 0.6 is 0 Å². The molecule has 2 aromatic rings. The molecule has 15 heavy (non-hydrogen) atoms. The van der Waals surface area contributed by atoms with Crippen molar-refractivity contribution in [2.75, 3.05) is 11.5 Å². The van der Waals surface area contributed by atoms with Gasteiger partial charge in [0.15, 0.2) is 0 Å². The minimum atomic E-state index is -0.408. The minimum absolute atomic E-state index is 0.408. The van der Waals surface area contributed by atoms with E-state index >= 15 is 0 Å². The van der Waals surface area contributed by atoms with Crippen molar-refractivity contribution >= 4 is 11.4 Å². The maximum atomic E-state index is 13.4. The molecule has 4 heteroatoms. The zero-order valence-corrected chi connectivity index (χ0v) is 7.94. The van der Waals surface area contributed by atoms with E-state index in [1.807, 2.05) is 0 Å². The third kappa shape index (κ3) is 1.74. The van der Waals surface area contributed by atoms with Gasteiger partial charge in [0.2, 0.25) is 0 Å². The Bertz CT molecular complexity index is 497. The summed E-state index contributed by atoms with van der Waals surface area (Å²) < 4.78 is 13.4. The number of rotatable bonds is 1. The van der Waals surface area contributed by atoms with Gasteiger partial charge >= 0.3 is 0 Å². The molecule has 1 aromatic heterocycles. The molecule has 0 atom stereocenters. The summed E-state index contributed by atoms with van der Waals surface area (Å²) in [5.41, 5.74) is 13.4. The maximum absolute atomic E-state index is 13.4. The zero-order valence-electron chi connectivity index (χ0n) is 7.94. The van der Waals surface area contributed by atoms with Crippen molar-refractivity contribution in [2.24, 2.45) is 0 Å². The molecule has 0 fully saturated rings. The zero-order chi connectivity index (χ0) is 10.8. The van der Waals surface area contributed by atoms with Crippen molar-refractivity contribution in [3.8, 4) is 11.1 Å². The molecule has 0 bridgehead atoms. The van der Waals surface area contributed by atoms with E-state index in [1.54, 1.807) is 24.3 Å². The number of pyridine rings is 1. The lowest BCUT2D eigenvalue weighted by atomic mass is 10.0. The Labute approximate surface area is 86.6 Å². The monoisotopic (exact) mass is 203 g/mol. The van der Waals surface area contributed by atoms with Crippen LogP contribution in [0.25, 0.3) is 11.1 Å². The van der Waals surface area contributed by atoms with Crippen LogP contribution < -0.4 is 11.5 Å². The molecule has 1 aromatic carbocycles. The number of anilines is 2. The first-order valence-electron chi connectivity index (χ1n) is 4.43. The molecule has 0 spiro atoms. The Morgan fingerprint density at radius 2 is 1.87 bits per heavy atom. The summed E-state index contributed by atoms with van der Waals surface area (Å²) in [6.07, 6.45) is 2.67. The van der Waals surface area contributed by atoms with E-state index in [2.05, 4.69) is 4.98 Å². The van der Waals surface area contributed by atoms with Crippen LogP contribution in [0.3, 0.4) is 0 Å². The van der Waals surface area contributed by atoms with E-state index in [1.165, 1.54) is 6.20 Å². The highest BCUT2D eigenvalue weighted by Gasteiger charge is 2.07. The highest BCUT2D eigenvalue weighted by atomic mass is 19.1. The number of hydrogen-bond acceptors (Lipinski definition) is 3. The lowest BCUT2D eigenvalue weighted by molar-refractivity contribution is 0.625. The topological polar surface area (TPSA) is 64.9 Å². The van der Waals surface area contributed by atoms with E-state index < -0.39 is 5.82 Å². The van der Waals surface area contributed by atoms with Crippen LogP contribution in [0.4, 0.5) is 15.8 Å². The van der Waals surface area contributed by atoms with Crippen LogP contribution in [0.15, 0.2) is 36.7 Å². The van der Waals surface area contributed by atoms with Gasteiger partial charge in [-0.1, -0.05) is 0 Å². The van der Waals surface area contributed by atoms with Crippen LogP contribution in [-0.4, -0.2) is 4.98 Å².